The van der Waals surface area contributed by atoms with Crippen LogP contribution in [0.15, 0.2) is 42.0 Å². The van der Waals surface area contributed by atoms with Gasteiger partial charge >= 0.3 is 0 Å². The van der Waals surface area contributed by atoms with E-state index in [9.17, 15) is 4.79 Å². The van der Waals surface area contributed by atoms with Crippen molar-refractivity contribution in [3.63, 3.8) is 0 Å². The van der Waals surface area contributed by atoms with Gasteiger partial charge in [-0.2, -0.15) is 0 Å². The Bertz CT molecular complexity index is 1450. The van der Waals surface area contributed by atoms with Crippen molar-refractivity contribution >= 4 is 34.5 Å². The predicted molar refractivity (Wildman–Crippen MR) is 149 cm³/mol. The second-order valence-electron chi connectivity index (χ2n) is 9.97. The Morgan fingerprint density at radius 2 is 1.90 bits per heavy atom. The molecule has 1 saturated heterocycles. The summed E-state index contributed by atoms with van der Waals surface area (Å²) in [6.07, 6.45) is 6.56. The van der Waals surface area contributed by atoms with E-state index in [0.717, 1.165) is 24.3 Å². The molecule has 2 aliphatic rings. The Morgan fingerprint density at radius 3 is 2.55 bits per heavy atom. The Balaban J connectivity index is 1.55. The number of methoxy groups -OCH3 is 2. The fourth-order valence-corrected chi connectivity index (χ4v) is 4.78. The largest absolute Gasteiger partial charge is 0.494 e. The summed E-state index contributed by atoms with van der Waals surface area (Å²) in [6.45, 7) is 6.33. The summed E-state index contributed by atoms with van der Waals surface area (Å²) >= 11 is 0. The predicted octanol–water partition coefficient (Wildman–Crippen LogP) is 5.01. The molecule has 1 saturated carbocycles. The molecule has 11 heteroatoms. The van der Waals surface area contributed by atoms with Crippen LogP contribution in [0, 0.1) is 23.5 Å². The van der Waals surface area contributed by atoms with Gasteiger partial charge in [0, 0.05) is 41.2 Å². The molecule has 0 spiro atoms. The van der Waals surface area contributed by atoms with E-state index in [1.54, 1.807) is 18.5 Å². The van der Waals surface area contributed by atoms with Gasteiger partial charge in [-0.05, 0) is 43.9 Å². The summed E-state index contributed by atoms with van der Waals surface area (Å²) in [5.41, 5.74) is -0.262. The van der Waals surface area contributed by atoms with Crippen LogP contribution in [0.1, 0.15) is 19.8 Å². The first-order valence-electron chi connectivity index (χ1n) is 13.1. The minimum atomic E-state index is -0.871. The molecule has 1 aliphatic carbocycles. The number of nitrogens with zero attached hydrogens (tertiary/aromatic N) is 3. The molecule has 3 heterocycles. The molecular formula is C29H31F2N5O4. The smallest absolute Gasteiger partial charge is 0.268 e. The van der Waals surface area contributed by atoms with Gasteiger partial charge in [0.1, 0.15) is 11.6 Å². The topological polar surface area (TPSA) is 107 Å². The molecule has 2 N–H and O–H groups in total. The average molecular weight is 552 g/mol. The quantitative estimate of drug-likeness (QED) is 0.268. The van der Waals surface area contributed by atoms with Crippen LogP contribution in [0.4, 0.5) is 20.4 Å². The highest BCUT2D eigenvalue weighted by molar-refractivity contribution is 5.96. The molecule has 1 aliphatic heterocycles. The van der Waals surface area contributed by atoms with Gasteiger partial charge in [-0.25, -0.2) is 23.7 Å². The third-order valence-electron chi connectivity index (χ3n) is 7.26. The molecule has 5 rings (SSSR count). The van der Waals surface area contributed by atoms with E-state index in [-0.39, 0.29) is 40.8 Å². The van der Waals surface area contributed by atoms with Crippen LogP contribution in [0.25, 0.3) is 22.0 Å². The molecule has 0 radical (unpaired) electrons. The molecule has 210 valence electrons. The summed E-state index contributed by atoms with van der Waals surface area (Å²) in [6, 6.07) is 4.55. The molecular weight excluding hydrogens is 520 g/mol. The second-order valence-corrected chi connectivity index (χ2v) is 9.97. The van der Waals surface area contributed by atoms with Crippen molar-refractivity contribution in [2.24, 2.45) is 16.8 Å². The molecule has 1 aromatic carbocycles. The summed E-state index contributed by atoms with van der Waals surface area (Å²) in [5.74, 6) is -1.06. The van der Waals surface area contributed by atoms with Crippen molar-refractivity contribution in [2.75, 3.05) is 38.1 Å². The number of hydrogen-bond donors (Lipinski definition) is 2. The molecule has 2 aromatic heterocycles. The third kappa shape index (κ3) is 5.60. The summed E-state index contributed by atoms with van der Waals surface area (Å²) in [7, 11) is 2.61. The maximum atomic E-state index is 15.4. The number of aliphatic imine (C=N–C) groups is 1. The lowest BCUT2D eigenvalue weighted by Gasteiger charge is -2.20. The number of halogens is 2. The lowest BCUT2D eigenvalue weighted by atomic mass is 10.0. The number of ether oxygens (including phenoxy) is 3. The number of hydrogen-bond acceptors (Lipinski definition) is 8. The van der Waals surface area contributed by atoms with E-state index in [2.05, 4.69) is 39.1 Å². The maximum Gasteiger partial charge on any atom is 0.268 e. The normalized spacial score (nSPS) is 19.5. The first kappa shape index (κ1) is 27.4. The van der Waals surface area contributed by atoms with Gasteiger partial charge in [0.15, 0.2) is 23.1 Å². The molecule has 3 aromatic rings. The van der Waals surface area contributed by atoms with Gasteiger partial charge in [0.05, 0.1) is 44.7 Å². The Labute approximate surface area is 230 Å². The van der Waals surface area contributed by atoms with E-state index in [4.69, 9.17) is 14.2 Å². The number of fused-ring (bicyclic) bond motifs is 1. The van der Waals surface area contributed by atoms with Gasteiger partial charge < -0.3 is 24.8 Å². The number of carbonyl (C=O) groups excluding carboxylic acids is 1. The first-order chi connectivity index (χ1) is 19.3. The minimum Gasteiger partial charge on any atom is -0.494 e. The van der Waals surface area contributed by atoms with Crippen LogP contribution in [-0.4, -0.2) is 61.6 Å². The molecule has 1 amide bonds. The van der Waals surface area contributed by atoms with E-state index in [0.29, 0.717) is 36.2 Å². The summed E-state index contributed by atoms with van der Waals surface area (Å²) in [5, 5.41) is 8.19. The molecule has 0 unspecified atom stereocenters. The van der Waals surface area contributed by atoms with Crippen molar-refractivity contribution < 1.29 is 27.8 Å². The van der Waals surface area contributed by atoms with Crippen molar-refractivity contribution in [1.29, 1.82) is 0 Å². The number of amides is 1. The standard InChI is InChI=1S/C29H31F2N5O4/c1-5-25(37)33-12-18-13-40-14-21(18)35-24-9-19-17(11-32-24)8-20(36-29(19)34-15(2)16-6-7-16)26-27(30)22(38-3)10-23(39-4)28(26)31/h5,8-12,15-16,18,21H,1,6-7,13-14H2,2-4H3,(H,32,35)(H,34,36)/b33-12+/t15-,18-,21+/m0/s1. The second kappa shape index (κ2) is 11.5. The van der Waals surface area contributed by atoms with E-state index >= 15 is 8.78 Å². The number of pyridine rings is 2. The SMILES string of the molecule is C=CC(=O)/N=C/[C@H]1COC[C@H]1Nc1cc2c(N[C@@H](C)C3CC3)nc(-c3c(F)c(OC)cc(OC)c3F)cc2cn1. The van der Waals surface area contributed by atoms with E-state index in [1.165, 1.54) is 20.3 Å². The average Bonchev–Trinajstić information content (AvgIpc) is 3.72. The Kier molecular flexibility index (Phi) is 7.92. The zero-order valence-corrected chi connectivity index (χ0v) is 22.5. The van der Waals surface area contributed by atoms with Crippen LogP contribution < -0.4 is 20.1 Å². The lowest BCUT2D eigenvalue weighted by Crippen LogP contribution is -2.29. The van der Waals surface area contributed by atoms with Crippen LogP contribution in [0.2, 0.25) is 0 Å². The van der Waals surface area contributed by atoms with Crippen LogP contribution >= 0.6 is 0 Å². The van der Waals surface area contributed by atoms with Crippen molar-refractivity contribution in [2.45, 2.75) is 31.8 Å². The van der Waals surface area contributed by atoms with E-state index < -0.39 is 17.5 Å². The van der Waals surface area contributed by atoms with Gasteiger partial charge in [0.2, 0.25) is 0 Å². The molecule has 2 fully saturated rings. The number of rotatable bonds is 10. The van der Waals surface area contributed by atoms with E-state index in [1.807, 2.05) is 6.07 Å². The van der Waals surface area contributed by atoms with Crippen molar-refractivity contribution in [3.05, 3.63) is 48.7 Å². The number of benzene rings is 1. The van der Waals surface area contributed by atoms with Crippen molar-refractivity contribution in [1.82, 2.24) is 9.97 Å². The van der Waals surface area contributed by atoms with Gasteiger partial charge in [-0.3, -0.25) is 4.79 Å². The van der Waals surface area contributed by atoms with Crippen LogP contribution in [0.5, 0.6) is 11.5 Å². The highest BCUT2D eigenvalue weighted by atomic mass is 19.1. The lowest BCUT2D eigenvalue weighted by molar-refractivity contribution is -0.113. The Hall–Kier alpha value is -4.12. The number of anilines is 2. The molecule has 40 heavy (non-hydrogen) atoms. The van der Waals surface area contributed by atoms with Gasteiger partial charge in [-0.15, -0.1) is 0 Å². The number of aromatic nitrogens is 2. The molecule has 0 bridgehead atoms. The fraction of sp³-hybridized carbons (Fsp3) is 0.379. The fourth-order valence-electron chi connectivity index (χ4n) is 4.78. The number of nitrogens with one attached hydrogen (secondary N) is 2. The third-order valence-corrected chi connectivity index (χ3v) is 7.26. The van der Waals surface area contributed by atoms with Crippen LogP contribution in [-0.2, 0) is 9.53 Å². The number of carbonyl (C=O) groups is 1. The summed E-state index contributed by atoms with van der Waals surface area (Å²) in [4.78, 5) is 24.7. The molecule has 9 nitrogen and oxygen atoms in total. The maximum absolute atomic E-state index is 15.4. The molecule has 3 atom stereocenters. The highest BCUT2D eigenvalue weighted by Crippen LogP contribution is 2.40. The van der Waals surface area contributed by atoms with Gasteiger partial charge in [0.25, 0.3) is 5.91 Å². The monoisotopic (exact) mass is 551 g/mol. The first-order valence-corrected chi connectivity index (χ1v) is 13.1. The zero-order valence-electron chi connectivity index (χ0n) is 22.5. The van der Waals surface area contributed by atoms with Crippen molar-refractivity contribution in [3.8, 4) is 22.8 Å². The highest BCUT2D eigenvalue weighted by Gasteiger charge is 2.30. The summed E-state index contributed by atoms with van der Waals surface area (Å²) < 4.78 is 46.6. The van der Waals surface area contributed by atoms with Gasteiger partial charge in [-0.1, -0.05) is 6.58 Å². The minimum absolute atomic E-state index is 0.0834. The Morgan fingerprint density at radius 1 is 1.18 bits per heavy atom. The zero-order chi connectivity index (χ0) is 28.4. The van der Waals surface area contributed by atoms with Crippen LogP contribution in [0.3, 0.4) is 0 Å².